The lowest BCUT2D eigenvalue weighted by molar-refractivity contribution is -0.141. The Morgan fingerprint density at radius 3 is 2.70 bits per heavy atom. The summed E-state index contributed by atoms with van der Waals surface area (Å²) in [5, 5.41) is 12.3. The highest BCUT2D eigenvalue weighted by Gasteiger charge is 2.30. The summed E-state index contributed by atoms with van der Waals surface area (Å²) in [6.07, 6.45) is 2.65. The average molecular weight is 314 g/mol. The molecule has 0 aliphatic heterocycles. The molecule has 4 nitrogen and oxygen atoms in total. The first-order chi connectivity index (χ1) is 9.56. The molecule has 0 radical (unpaired) electrons. The van der Waals surface area contributed by atoms with Crippen molar-refractivity contribution in [2.24, 2.45) is 5.92 Å². The second-order valence-corrected chi connectivity index (χ2v) is 6.28. The number of carboxylic acid groups (broad SMARTS) is 1. The molecule has 1 aliphatic rings. The van der Waals surface area contributed by atoms with Gasteiger partial charge < -0.3 is 10.4 Å². The van der Waals surface area contributed by atoms with E-state index in [1.54, 1.807) is 6.07 Å². The van der Waals surface area contributed by atoms with Gasteiger partial charge in [0.1, 0.15) is 6.04 Å². The standard InChI is InChI=1S/C14H16ClNO3S/c15-10-3-1-2-4-12(10)20-8-13(17)16-11(14(18)19)7-9-5-6-9/h1-4,9,11H,5-8H2,(H,16,17)(H,18,19). The zero-order valence-corrected chi connectivity index (χ0v) is 12.4. The summed E-state index contributed by atoms with van der Waals surface area (Å²) < 4.78 is 0. The summed E-state index contributed by atoms with van der Waals surface area (Å²) >= 11 is 7.30. The van der Waals surface area contributed by atoms with Crippen molar-refractivity contribution in [1.82, 2.24) is 5.32 Å². The molecule has 2 N–H and O–H groups in total. The van der Waals surface area contributed by atoms with E-state index in [9.17, 15) is 9.59 Å². The predicted octanol–water partition coefficient (Wildman–Crippen LogP) is 2.80. The molecule has 0 aromatic heterocycles. The summed E-state index contributed by atoms with van der Waals surface area (Å²) in [6, 6.07) is 6.48. The van der Waals surface area contributed by atoms with Gasteiger partial charge in [-0.3, -0.25) is 4.79 Å². The molecule has 108 valence electrons. The largest absolute Gasteiger partial charge is 0.480 e. The minimum Gasteiger partial charge on any atom is -0.480 e. The number of carboxylic acids is 1. The second-order valence-electron chi connectivity index (χ2n) is 4.86. The van der Waals surface area contributed by atoms with Gasteiger partial charge in [0, 0.05) is 4.90 Å². The molecule has 0 bridgehead atoms. The van der Waals surface area contributed by atoms with Crippen LogP contribution in [0.2, 0.25) is 5.02 Å². The van der Waals surface area contributed by atoms with Crippen LogP contribution in [0.3, 0.4) is 0 Å². The third kappa shape index (κ3) is 4.72. The van der Waals surface area contributed by atoms with Crippen molar-refractivity contribution in [3.05, 3.63) is 29.3 Å². The Balaban J connectivity index is 1.81. The highest BCUT2D eigenvalue weighted by molar-refractivity contribution is 8.00. The van der Waals surface area contributed by atoms with Crippen LogP contribution in [-0.4, -0.2) is 28.8 Å². The molecule has 1 aromatic carbocycles. The van der Waals surface area contributed by atoms with Crippen LogP contribution in [0.4, 0.5) is 0 Å². The van der Waals surface area contributed by atoms with Crippen LogP contribution in [0.5, 0.6) is 0 Å². The van der Waals surface area contributed by atoms with Crippen molar-refractivity contribution < 1.29 is 14.7 Å². The van der Waals surface area contributed by atoms with E-state index in [-0.39, 0.29) is 11.7 Å². The van der Waals surface area contributed by atoms with Crippen LogP contribution < -0.4 is 5.32 Å². The third-order valence-corrected chi connectivity index (χ3v) is 4.61. The van der Waals surface area contributed by atoms with Gasteiger partial charge in [0.15, 0.2) is 0 Å². The minimum absolute atomic E-state index is 0.165. The smallest absolute Gasteiger partial charge is 0.326 e. The van der Waals surface area contributed by atoms with Crippen LogP contribution in [0.25, 0.3) is 0 Å². The topological polar surface area (TPSA) is 66.4 Å². The molecule has 0 saturated heterocycles. The van der Waals surface area contributed by atoms with Crippen LogP contribution in [0.15, 0.2) is 29.2 Å². The van der Waals surface area contributed by atoms with E-state index in [0.717, 1.165) is 17.7 Å². The third-order valence-electron chi connectivity index (χ3n) is 3.09. The highest BCUT2D eigenvalue weighted by Crippen LogP contribution is 2.33. The van der Waals surface area contributed by atoms with Crippen molar-refractivity contribution in [1.29, 1.82) is 0 Å². The maximum absolute atomic E-state index is 11.8. The number of carbonyl (C=O) groups is 2. The van der Waals surface area contributed by atoms with Crippen molar-refractivity contribution >= 4 is 35.2 Å². The van der Waals surface area contributed by atoms with Gasteiger partial charge in [-0.05, 0) is 24.5 Å². The molecular formula is C14H16ClNO3S. The number of hydrogen-bond donors (Lipinski definition) is 2. The number of halogens is 1. The molecule has 6 heteroatoms. The van der Waals surface area contributed by atoms with Gasteiger partial charge in [0.25, 0.3) is 0 Å². The SMILES string of the molecule is O=C(CSc1ccccc1Cl)NC(CC1CC1)C(=O)O. The van der Waals surface area contributed by atoms with Crippen LogP contribution in [0.1, 0.15) is 19.3 Å². The van der Waals surface area contributed by atoms with E-state index in [2.05, 4.69) is 5.32 Å². The van der Waals surface area contributed by atoms with E-state index in [4.69, 9.17) is 16.7 Å². The number of nitrogens with one attached hydrogen (secondary N) is 1. The summed E-state index contributed by atoms with van der Waals surface area (Å²) in [6.45, 7) is 0. The molecule has 1 amide bonds. The number of rotatable bonds is 7. The first kappa shape index (κ1) is 15.2. The van der Waals surface area contributed by atoms with Crippen molar-refractivity contribution in [2.75, 3.05) is 5.75 Å². The van der Waals surface area contributed by atoms with Crippen molar-refractivity contribution in [2.45, 2.75) is 30.2 Å². The molecule has 1 aromatic rings. The highest BCUT2D eigenvalue weighted by atomic mass is 35.5. The lowest BCUT2D eigenvalue weighted by atomic mass is 10.1. The molecule has 1 unspecified atom stereocenters. The second kappa shape index (κ2) is 6.99. The quantitative estimate of drug-likeness (QED) is 0.760. The molecular weight excluding hydrogens is 298 g/mol. The van der Waals surface area contributed by atoms with Gasteiger partial charge in [-0.15, -0.1) is 11.8 Å². The molecule has 1 fully saturated rings. The Hall–Kier alpha value is -1.20. The Morgan fingerprint density at radius 1 is 1.40 bits per heavy atom. The van der Waals surface area contributed by atoms with Gasteiger partial charge in [-0.25, -0.2) is 4.79 Å². The van der Waals surface area contributed by atoms with E-state index in [1.165, 1.54) is 11.8 Å². The van der Waals surface area contributed by atoms with Crippen molar-refractivity contribution in [3.63, 3.8) is 0 Å². The molecule has 1 saturated carbocycles. The summed E-state index contributed by atoms with van der Waals surface area (Å²) in [5.74, 6) is -0.623. The first-order valence-electron chi connectivity index (χ1n) is 6.45. The maximum Gasteiger partial charge on any atom is 0.326 e. The molecule has 1 aliphatic carbocycles. The first-order valence-corrected chi connectivity index (χ1v) is 7.82. The number of hydrogen-bond acceptors (Lipinski definition) is 3. The molecule has 2 rings (SSSR count). The number of aliphatic carboxylic acids is 1. The van der Waals surface area contributed by atoms with Gasteiger partial charge in [-0.1, -0.05) is 36.6 Å². The maximum atomic E-state index is 11.8. The van der Waals surface area contributed by atoms with Crippen LogP contribution in [-0.2, 0) is 9.59 Å². The molecule has 20 heavy (non-hydrogen) atoms. The summed E-state index contributed by atoms with van der Waals surface area (Å²) in [7, 11) is 0. The fraction of sp³-hybridized carbons (Fsp3) is 0.429. The Bertz CT molecular complexity index is 505. The number of amides is 1. The van der Waals surface area contributed by atoms with Crippen LogP contribution >= 0.6 is 23.4 Å². The fourth-order valence-corrected chi connectivity index (χ4v) is 2.90. The van der Waals surface area contributed by atoms with Gasteiger partial charge in [0.05, 0.1) is 10.8 Å². The van der Waals surface area contributed by atoms with E-state index in [0.29, 0.717) is 17.4 Å². The fourth-order valence-electron chi connectivity index (χ4n) is 1.85. The van der Waals surface area contributed by atoms with Gasteiger partial charge >= 0.3 is 5.97 Å². The van der Waals surface area contributed by atoms with E-state index < -0.39 is 12.0 Å². The predicted molar refractivity (Wildman–Crippen MR) is 79.1 cm³/mol. The monoisotopic (exact) mass is 313 g/mol. The normalized spacial score (nSPS) is 15.7. The number of carbonyl (C=O) groups excluding carboxylic acids is 1. The van der Waals surface area contributed by atoms with Gasteiger partial charge in [-0.2, -0.15) is 0 Å². The lowest BCUT2D eigenvalue weighted by Crippen LogP contribution is -2.41. The average Bonchev–Trinajstić information content (AvgIpc) is 3.21. The Labute approximate surface area is 126 Å². The zero-order chi connectivity index (χ0) is 14.5. The van der Waals surface area contributed by atoms with Crippen LogP contribution in [0, 0.1) is 5.92 Å². The van der Waals surface area contributed by atoms with Gasteiger partial charge in [0.2, 0.25) is 5.91 Å². The Morgan fingerprint density at radius 2 is 2.10 bits per heavy atom. The number of thioether (sulfide) groups is 1. The number of benzene rings is 1. The minimum atomic E-state index is -0.965. The molecule has 0 spiro atoms. The summed E-state index contributed by atoms with van der Waals surface area (Å²) in [4.78, 5) is 23.7. The van der Waals surface area contributed by atoms with E-state index in [1.807, 2.05) is 18.2 Å². The molecule has 1 atom stereocenters. The van der Waals surface area contributed by atoms with E-state index >= 15 is 0 Å². The molecule has 0 heterocycles. The summed E-state index contributed by atoms with van der Waals surface area (Å²) in [5.41, 5.74) is 0. The van der Waals surface area contributed by atoms with Crippen molar-refractivity contribution in [3.8, 4) is 0 Å². The lowest BCUT2D eigenvalue weighted by Gasteiger charge is -2.14. The Kier molecular flexibility index (Phi) is 5.31. The zero-order valence-electron chi connectivity index (χ0n) is 10.8.